The van der Waals surface area contributed by atoms with E-state index in [4.69, 9.17) is 9.72 Å². The number of carbonyl (C=O) groups excluding carboxylic acids is 1. The van der Waals surface area contributed by atoms with E-state index >= 15 is 0 Å². The van der Waals surface area contributed by atoms with E-state index in [0.29, 0.717) is 30.0 Å². The summed E-state index contributed by atoms with van der Waals surface area (Å²) >= 11 is 1.59. The average Bonchev–Trinajstić information content (AvgIpc) is 3.16. The largest absolute Gasteiger partial charge is 0.494 e. The molecule has 0 bridgehead atoms. The zero-order chi connectivity index (χ0) is 22.2. The summed E-state index contributed by atoms with van der Waals surface area (Å²) in [5, 5.41) is 13.4. The third-order valence-corrected chi connectivity index (χ3v) is 7.23. The van der Waals surface area contributed by atoms with Gasteiger partial charge >= 0.3 is 5.97 Å². The van der Waals surface area contributed by atoms with Crippen molar-refractivity contribution in [2.45, 2.75) is 45.4 Å². The maximum Gasteiger partial charge on any atom is 0.309 e. The monoisotopic (exact) mass is 439 g/mol. The second-order valence-electron chi connectivity index (χ2n) is 8.33. The van der Waals surface area contributed by atoms with Gasteiger partial charge in [0.1, 0.15) is 11.4 Å². The first-order chi connectivity index (χ1) is 14.8. The number of nitrogens with one attached hydrogen (secondary N) is 1. The first kappa shape index (κ1) is 21.2. The minimum Gasteiger partial charge on any atom is -0.494 e. The summed E-state index contributed by atoms with van der Waals surface area (Å²) in [5.74, 6) is -0.229. The molecule has 7 nitrogen and oxygen atoms in total. The van der Waals surface area contributed by atoms with Crippen LogP contribution >= 0.6 is 11.3 Å². The third-order valence-electron chi connectivity index (χ3n) is 6.05. The van der Waals surface area contributed by atoms with Gasteiger partial charge in [-0.25, -0.2) is 9.97 Å². The molecule has 2 N–H and O–H groups in total. The van der Waals surface area contributed by atoms with Crippen LogP contribution in [-0.4, -0.2) is 34.1 Å². The topological polar surface area (TPSA) is 101 Å². The number of methoxy groups -OCH3 is 1. The molecule has 162 valence electrons. The average molecular weight is 440 g/mol. The molecule has 4 rings (SSSR count). The zero-order valence-electron chi connectivity index (χ0n) is 17.8. The molecular weight excluding hydrogens is 414 g/mol. The summed E-state index contributed by atoms with van der Waals surface area (Å²) < 4.78 is 6.44. The number of aromatic nitrogens is 2. The van der Waals surface area contributed by atoms with Gasteiger partial charge in [0.05, 0.1) is 33.4 Å². The summed E-state index contributed by atoms with van der Waals surface area (Å²) in [6, 6.07) is 9.03. The molecule has 1 fully saturated rings. The Morgan fingerprint density at radius 3 is 2.61 bits per heavy atom. The molecule has 0 spiro atoms. The van der Waals surface area contributed by atoms with Crippen molar-refractivity contribution in [1.29, 1.82) is 0 Å². The quantitative estimate of drug-likeness (QED) is 0.579. The van der Waals surface area contributed by atoms with E-state index in [1.54, 1.807) is 30.6 Å². The molecule has 1 aliphatic rings. The molecule has 0 radical (unpaired) electrons. The predicted molar refractivity (Wildman–Crippen MR) is 120 cm³/mol. The molecule has 0 aliphatic heterocycles. The lowest BCUT2D eigenvalue weighted by Gasteiger charge is -2.32. The number of carboxylic acids is 1. The fourth-order valence-corrected chi connectivity index (χ4v) is 5.14. The van der Waals surface area contributed by atoms with Crippen molar-refractivity contribution in [3.05, 3.63) is 46.7 Å². The Kier molecular flexibility index (Phi) is 5.66. The van der Waals surface area contributed by atoms with Gasteiger partial charge in [-0.15, -0.1) is 11.3 Å². The highest BCUT2D eigenvalue weighted by Gasteiger charge is 2.38. The molecule has 1 aromatic carbocycles. The van der Waals surface area contributed by atoms with Gasteiger partial charge in [-0.2, -0.15) is 0 Å². The Morgan fingerprint density at radius 2 is 1.97 bits per heavy atom. The lowest BCUT2D eigenvalue weighted by atomic mass is 9.72. The Labute approximate surface area is 184 Å². The van der Waals surface area contributed by atoms with Gasteiger partial charge in [-0.05, 0) is 57.7 Å². The zero-order valence-corrected chi connectivity index (χ0v) is 18.6. The molecule has 1 aliphatic carbocycles. The van der Waals surface area contributed by atoms with Gasteiger partial charge in [0.25, 0.3) is 5.91 Å². The van der Waals surface area contributed by atoms with Crippen molar-refractivity contribution >= 4 is 39.1 Å². The minimum atomic E-state index is -0.719. The van der Waals surface area contributed by atoms with Crippen LogP contribution in [0, 0.1) is 12.3 Å². The van der Waals surface area contributed by atoms with Gasteiger partial charge in [0, 0.05) is 17.7 Å². The van der Waals surface area contributed by atoms with Crippen LogP contribution in [0.5, 0.6) is 5.75 Å². The van der Waals surface area contributed by atoms with Crippen molar-refractivity contribution in [2.24, 2.45) is 5.41 Å². The first-order valence-corrected chi connectivity index (χ1v) is 11.1. The van der Waals surface area contributed by atoms with E-state index in [-0.39, 0.29) is 11.8 Å². The van der Waals surface area contributed by atoms with Gasteiger partial charge in [-0.1, -0.05) is 6.07 Å². The summed E-state index contributed by atoms with van der Waals surface area (Å²) in [4.78, 5) is 33.2. The van der Waals surface area contributed by atoms with Gasteiger partial charge in [0.15, 0.2) is 0 Å². The molecule has 3 aromatic rings. The van der Waals surface area contributed by atoms with Gasteiger partial charge in [0.2, 0.25) is 0 Å². The second kappa shape index (κ2) is 8.26. The van der Waals surface area contributed by atoms with E-state index in [9.17, 15) is 14.7 Å². The number of rotatable bonds is 5. The standard InChI is InChI=1S/C23H25N3O4S/c1-13-5-4-6-15(24-13)20(27)25-16-12-19-17(11-18(16)30-3)26-21(31-19)14-7-9-23(2,10-8-14)22(28)29/h4-6,11-12,14H,7-10H2,1-3H3,(H,25,27)(H,28,29). The molecule has 2 heterocycles. The number of benzene rings is 1. The summed E-state index contributed by atoms with van der Waals surface area (Å²) in [5.41, 5.74) is 1.86. The van der Waals surface area contributed by atoms with Crippen LogP contribution in [-0.2, 0) is 4.79 Å². The Morgan fingerprint density at radius 1 is 1.23 bits per heavy atom. The Balaban J connectivity index is 1.58. The lowest BCUT2D eigenvalue weighted by molar-refractivity contribution is -0.149. The number of anilines is 1. The van der Waals surface area contributed by atoms with Crippen LogP contribution in [0.3, 0.4) is 0 Å². The lowest BCUT2D eigenvalue weighted by Crippen LogP contribution is -2.31. The number of amides is 1. The predicted octanol–water partition coefficient (Wildman–Crippen LogP) is 5.01. The SMILES string of the molecule is COc1cc2nc(C3CCC(C)(C(=O)O)CC3)sc2cc1NC(=O)c1cccc(C)n1. The maximum atomic E-state index is 12.6. The molecule has 0 atom stereocenters. The highest BCUT2D eigenvalue weighted by atomic mass is 32.1. The van der Waals surface area contributed by atoms with E-state index in [0.717, 1.165) is 33.8 Å². The number of hydrogen-bond acceptors (Lipinski definition) is 6. The molecule has 31 heavy (non-hydrogen) atoms. The molecule has 2 aromatic heterocycles. The number of aliphatic carboxylic acids is 1. The number of aryl methyl sites for hydroxylation is 1. The number of thiazole rings is 1. The van der Waals surface area contributed by atoms with Crippen LogP contribution in [0.1, 0.15) is 59.7 Å². The van der Waals surface area contributed by atoms with Crippen LogP contribution in [0.15, 0.2) is 30.3 Å². The second-order valence-corrected chi connectivity index (χ2v) is 9.39. The highest BCUT2D eigenvalue weighted by molar-refractivity contribution is 7.18. The Hall–Kier alpha value is -3.00. The van der Waals surface area contributed by atoms with Crippen molar-refractivity contribution in [2.75, 3.05) is 12.4 Å². The van der Waals surface area contributed by atoms with E-state index in [1.807, 2.05) is 32.0 Å². The number of ether oxygens (including phenoxy) is 1. The van der Waals surface area contributed by atoms with Crippen LogP contribution < -0.4 is 10.1 Å². The van der Waals surface area contributed by atoms with Crippen LogP contribution in [0.2, 0.25) is 0 Å². The maximum absolute atomic E-state index is 12.6. The van der Waals surface area contributed by atoms with E-state index in [1.165, 1.54) is 0 Å². The molecule has 0 saturated heterocycles. The summed E-state index contributed by atoms with van der Waals surface area (Å²) in [7, 11) is 1.56. The van der Waals surface area contributed by atoms with Gasteiger partial charge < -0.3 is 15.2 Å². The fourth-order valence-electron chi connectivity index (χ4n) is 3.99. The van der Waals surface area contributed by atoms with E-state index in [2.05, 4.69) is 10.3 Å². The van der Waals surface area contributed by atoms with Crippen LogP contribution in [0.25, 0.3) is 10.2 Å². The number of carbonyl (C=O) groups is 2. The molecule has 0 unspecified atom stereocenters. The number of carboxylic acid groups (broad SMARTS) is 1. The van der Waals surface area contributed by atoms with Gasteiger partial charge in [-0.3, -0.25) is 9.59 Å². The van der Waals surface area contributed by atoms with E-state index < -0.39 is 11.4 Å². The Bertz CT molecular complexity index is 1150. The minimum absolute atomic E-state index is 0.255. The first-order valence-electron chi connectivity index (χ1n) is 10.3. The highest BCUT2D eigenvalue weighted by Crippen LogP contribution is 2.45. The third kappa shape index (κ3) is 4.25. The number of fused-ring (bicyclic) bond motifs is 1. The molecular formula is C23H25N3O4S. The number of hydrogen-bond donors (Lipinski definition) is 2. The molecule has 1 amide bonds. The molecule has 8 heteroatoms. The van der Waals surface area contributed by atoms with Crippen LogP contribution in [0.4, 0.5) is 5.69 Å². The normalized spacial score (nSPS) is 21.1. The molecule has 1 saturated carbocycles. The van der Waals surface area contributed by atoms with Crippen molar-refractivity contribution in [3.63, 3.8) is 0 Å². The smallest absolute Gasteiger partial charge is 0.309 e. The van der Waals surface area contributed by atoms with Crippen molar-refractivity contribution < 1.29 is 19.4 Å². The van der Waals surface area contributed by atoms with Crippen molar-refractivity contribution in [1.82, 2.24) is 9.97 Å². The number of pyridine rings is 1. The van der Waals surface area contributed by atoms with Crippen molar-refractivity contribution in [3.8, 4) is 5.75 Å². The summed E-state index contributed by atoms with van der Waals surface area (Å²) in [6.07, 6.45) is 2.92. The number of nitrogens with zero attached hydrogens (tertiary/aromatic N) is 2. The summed E-state index contributed by atoms with van der Waals surface area (Å²) in [6.45, 7) is 3.67. The fraction of sp³-hybridized carbons (Fsp3) is 0.391.